The zero-order chi connectivity index (χ0) is 20.1. The fourth-order valence-corrected chi connectivity index (χ4v) is 6.15. The van der Waals surface area contributed by atoms with Crippen LogP contribution in [0.4, 0.5) is 0 Å². The van der Waals surface area contributed by atoms with E-state index in [9.17, 15) is 13.2 Å². The third kappa shape index (κ3) is 5.26. The molecular weight excluding hydrogens is 398 g/mol. The zero-order valence-corrected chi connectivity index (χ0v) is 17.9. The van der Waals surface area contributed by atoms with Crippen LogP contribution in [0.3, 0.4) is 0 Å². The summed E-state index contributed by atoms with van der Waals surface area (Å²) >= 11 is 6.02. The lowest BCUT2D eigenvalue weighted by molar-refractivity contribution is -0.126. The quantitative estimate of drug-likeness (QED) is 0.701. The lowest BCUT2D eigenvalue weighted by Crippen LogP contribution is -2.44. The Hall–Kier alpha value is -1.15. The Labute approximate surface area is 173 Å². The van der Waals surface area contributed by atoms with Crippen LogP contribution in [0.15, 0.2) is 29.2 Å². The van der Waals surface area contributed by atoms with Crippen molar-refractivity contribution in [3.63, 3.8) is 0 Å². The van der Waals surface area contributed by atoms with Gasteiger partial charge in [0.05, 0.1) is 5.02 Å². The molecule has 28 heavy (non-hydrogen) atoms. The van der Waals surface area contributed by atoms with Crippen molar-refractivity contribution in [2.24, 2.45) is 5.92 Å². The second-order valence-corrected chi connectivity index (χ2v) is 9.86. The summed E-state index contributed by atoms with van der Waals surface area (Å²) < 4.78 is 27.9. The van der Waals surface area contributed by atoms with Crippen LogP contribution < -0.4 is 10.0 Å². The third-order valence-corrected chi connectivity index (χ3v) is 7.98. The summed E-state index contributed by atoms with van der Waals surface area (Å²) in [4.78, 5) is 15.0. The first kappa shape index (κ1) is 21.6. The lowest BCUT2D eigenvalue weighted by Gasteiger charge is -2.29. The maximum atomic E-state index is 12.6. The number of carbonyl (C=O) groups is 1. The van der Waals surface area contributed by atoms with Gasteiger partial charge < -0.3 is 5.32 Å². The Morgan fingerprint density at radius 1 is 1.18 bits per heavy atom. The number of nitrogens with zero attached hydrogens (tertiary/aromatic N) is 1. The highest BCUT2D eigenvalue weighted by Gasteiger charge is 2.30. The number of benzene rings is 1. The van der Waals surface area contributed by atoms with E-state index in [1.165, 1.54) is 12.5 Å². The molecule has 2 fully saturated rings. The van der Waals surface area contributed by atoms with Crippen LogP contribution in [0.2, 0.25) is 5.02 Å². The molecule has 6 nitrogen and oxygen atoms in total. The van der Waals surface area contributed by atoms with Crippen LogP contribution >= 0.6 is 11.6 Å². The number of nitrogens with one attached hydrogen (secondary N) is 2. The van der Waals surface area contributed by atoms with E-state index >= 15 is 0 Å². The number of likely N-dealkylation sites (tertiary alicyclic amines) is 1. The van der Waals surface area contributed by atoms with Crippen molar-refractivity contribution in [3.05, 3.63) is 29.3 Å². The number of carbonyl (C=O) groups excluding carboxylic acids is 1. The van der Waals surface area contributed by atoms with Gasteiger partial charge in [0.2, 0.25) is 15.9 Å². The molecule has 1 unspecified atom stereocenters. The minimum Gasteiger partial charge on any atom is -0.354 e. The fraction of sp³-hybridized carbons (Fsp3) is 0.650. The van der Waals surface area contributed by atoms with Gasteiger partial charge in [-0.05, 0) is 63.7 Å². The van der Waals surface area contributed by atoms with Gasteiger partial charge >= 0.3 is 0 Å². The van der Waals surface area contributed by atoms with Crippen LogP contribution in [0, 0.1) is 5.92 Å². The van der Waals surface area contributed by atoms with E-state index < -0.39 is 10.0 Å². The molecule has 0 radical (unpaired) electrons. The Bertz CT molecular complexity index is 779. The topological polar surface area (TPSA) is 78.5 Å². The van der Waals surface area contributed by atoms with Gasteiger partial charge in [0.1, 0.15) is 4.90 Å². The Morgan fingerprint density at radius 3 is 2.57 bits per heavy atom. The molecular formula is C20H30ClN3O3S. The maximum Gasteiger partial charge on any atom is 0.242 e. The van der Waals surface area contributed by atoms with E-state index in [1.807, 2.05) is 0 Å². The van der Waals surface area contributed by atoms with Crippen LogP contribution in [0.1, 0.15) is 45.4 Å². The molecule has 1 amide bonds. The number of hydrogen-bond donors (Lipinski definition) is 2. The number of halogens is 1. The van der Waals surface area contributed by atoms with Crippen molar-refractivity contribution < 1.29 is 13.2 Å². The molecule has 0 bridgehead atoms. The monoisotopic (exact) mass is 427 g/mol. The van der Waals surface area contributed by atoms with Crippen molar-refractivity contribution in [3.8, 4) is 0 Å². The SMILES string of the molecule is CCN1CCCC1CNC(=O)C1CCC(NS(=O)(=O)c2ccccc2Cl)CC1. The highest BCUT2D eigenvalue weighted by atomic mass is 35.5. The van der Waals surface area contributed by atoms with E-state index in [-0.39, 0.29) is 27.8 Å². The second kappa shape index (κ2) is 9.57. The van der Waals surface area contributed by atoms with Crippen LogP contribution in [0.25, 0.3) is 0 Å². The molecule has 1 atom stereocenters. The largest absolute Gasteiger partial charge is 0.354 e. The van der Waals surface area contributed by atoms with Crippen LogP contribution in [-0.2, 0) is 14.8 Å². The van der Waals surface area contributed by atoms with Crippen molar-refractivity contribution in [2.45, 2.75) is 62.4 Å². The first-order valence-electron chi connectivity index (χ1n) is 10.2. The fourth-order valence-electron chi connectivity index (χ4n) is 4.32. The summed E-state index contributed by atoms with van der Waals surface area (Å²) in [6.45, 7) is 5.02. The Kier molecular flexibility index (Phi) is 7.36. The molecule has 0 aromatic heterocycles. The molecule has 2 N–H and O–H groups in total. The predicted molar refractivity (Wildman–Crippen MR) is 111 cm³/mol. The Balaban J connectivity index is 1.46. The average Bonchev–Trinajstić information content (AvgIpc) is 3.14. The molecule has 1 saturated carbocycles. The smallest absolute Gasteiger partial charge is 0.242 e. The van der Waals surface area contributed by atoms with E-state index in [2.05, 4.69) is 21.9 Å². The van der Waals surface area contributed by atoms with Gasteiger partial charge in [-0.3, -0.25) is 9.69 Å². The van der Waals surface area contributed by atoms with Gasteiger partial charge in [-0.15, -0.1) is 0 Å². The third-order valence-electron chi connectivity index (χ3n) is 5.96. The molecule has 1 heterocycles. The average molecular weight is 428 g/mol. The summed E-state index contributed by atoms with van der Waals surface area (Å²) in [5.74, 6) is 0.0768. The normalized spacial score (nSPS) is 26.3. The molecule has 156 valence electrons. The minimum absolute atomic E-state index is 0.0300. The number of likely N-dealkylation sites (N-methyl/N-ethyl adjacent to an activating group) is 1. The van der Waals surface area contributed by atoms with Crippen LogP contribution in [-0.4, -0.2) is 50.9 Å². The summed E-state index contributed by atoms with van der Waals surface area (Å²) in [7, 11) is -3.65. The summed E-state index contributed by atoms with van der Waals surface area (Å²) in [6.07, 6.45) is 5.06. The van der Waals surface area contributed by atoms with Crippen LogP contribution in [0.5, 0.6) is 0 Å². The van der Waals surface area contributed by atoms with Crippen molar-refractivity contribution in [2.75, 3.05) is 19.6 Å². The molecule has 2 aliphatic rings. The summed E-state index contributed by atoms with van der Waals surface area (Å²) in [6, 6.07) is 6.74. The summed E-state index contributed by atoms with van der Waals surface area (Å²) in [5, 5.41) is 3.34. The zero-order valence-electron chi connectivity index (χ0n) is 16.4. The van der Waals surface area contributed by atoms with E-state index in [1.54, 1.807) is 18.2 Å². The highest BCUT2D eigenvalue weighted by Crippen LogP contribution is 2.27. The Morgan fingerprint density at radius 2 is 1.89 bits per heavy atom. The first-order valence-corrected chi connectivity index (χ1v) is 12.1. The minimum atomic E-state index is -3.65. The van der Waals surface area contributed by atoms with Gasteiger partial charge in [-0.2, -0.15) is 0 Å². The highest BCUT2D eigenvalue weighted by molar-refractivity contribution is 7.89. The lowest BCUT2D eigenvalue weighted by atomic mass is 9.86. The van der Waals surface area contributed by atoms with E-state index in [0.717, 1.165) is 19.5 Å². The molecule has 8 heteroatoms. The van der Waals surface area contributed by atoms with Gasteiger partial charge in [-0.1, -0.05) is 30.7 Å². The number of rotatable bonds is 7. The van der Waals surface area contributed by atoms with Gasteiger partial charge in [0, 0.05) is 24.5 Å². The van der Waals surface area contributed by atoms with E-state index in [4.69, 9.17) is 11.6 Å². The molecule has 3 rings (SSSR count). The second-order valence-electron chi connectivity index (χ2n) is 7.77. The van der Waals surface area contributed by atoms with Gasteiger partial charge in [-0.25, -0.2) is 13.1 Å². The molecule has 1 aliphatic heterocycles. The molecule has 1 aromatic carbocycles. The molecule has 0 spiro atoms. The van der Waals surface area contributed by atoms with Crippen molar-refractivity contribution in [1.82, 2.24) is 14.9 Å². The maximum absolute atomic E-state index is 12.6. The van der Waals surface area contributed by atoms with Gasteiger partial charge in [0.15, 0.2) is 0 Å². The molecule has 1 aliphatic carbocycles. The molecule has 1 aromatic rings. The first-order chi connectivity index (χ1) is 13.4. The van der Waals surface area contributed by atoms with Crippen molar-refractivity contribution >= 4 is 27.5 Å². The number of sulfonamides is 1. The summed E-state index contributed by atoms with van der Waals surface area (Å²) in [5.41, 5.74) is 0. The number of amides is 1. The van der Waals surface area contributed by atoms with Gasteiger partial charge in [0.25, 0.3) is 0 Å². The van der Waals surface area contributed by atoms with E-state index in [0.29, 0.717) is 38.3 Å². The van der Waals surface area contributed by atoms with Crippen molar-refractivity contribution in [1.29, 1.82) is 0 Å². The standard InChI is InChI=1S/C20H30ClN3O3S/c1-2-24-13-5-6-17(24)14-22-20(25)15-9-11-16(12-10-15)23-28(26,27)19-8-4-3-7-18(19)21/h3-4,7-8,15-17,23H,2,5-6,9-14H2,1H3,(H,22,25). The number of hydrogen-bond acceptors (Lipinski definition) is 4. The molecule has 1 saturated heterocycles. The predicted octanol–water partition coefficient (Wildman–Crippen LogP) is 2.78.